The Kier molecular flexibility index (Phi) is 2.92. The van der Waals surface area contributed by atoms with Crippen molar-refractivity contribution in [2.24, 2.45) is 0 Å². The highest BCUT2D eigenvalue weighted by atomic mass is 35.5. The third kappa shape index (κ3) is 2.41. The van der Waals surface area contributed by atoms with E-state index in [2.05, 4.69) is 15.3 Å². The first-order chi connectivity index (χ1) is 7.65. The molecule has 0 radical (unpaired) electrons. The van der Waals surface area contributed by atoms with Crippen molar-refractivity contribution in [2.45, 2.75) is 6.92 Å². The van der Waals surface area contributed by atoms with E-state index in [0.29, 0.717) is 16.5 Å². The van der Waals surface area contributed by atoms with Crippen LogP contribution in [-0.4, -0.2) is 15.9 Å². The number of hydrogen-bond acceptors (Lipinski definition) is 2. The van der Waals surface area contributed by atoms with Crippen LogP contribution in [0.2, 0.25) is 5.02 Å². The monoisotopic (exact) mass is 235 g/mol. The summed E-state index contributed by atoms with van der Waals surface area (Å²) in [6, 6.07) is 6.99. The predicted molar refractivity (Wildman–Crippen MR) is 62.7 cm³/mol. The van der Waals surface area contributed by atoms with Crippen LogP contribution in [0, 0.1) is 6.92 Å². The number of carbonyl (C=O) groups is 1. The Hall–Kier alpha value is -1.81. The molecule has 4 nitrogen and oxygen atoms in total. The number of nitrogens with zero attached hydrogens (tertiary/aromatic N) is 1. The summed E-state index contributed by atoms with van der Waals surface area (Å²) in [5.41, 5.74) is 1.26. The first-order valence-electron chi connectivity index (χ1n) is 4.74. The van der Waals surface area contributed by atoms with E-state index in [1.54, 1.807) is 18.3 Å². The number of pyridine rings is 1. The summed E-state index contributed by atoms with van der Waals surface area (Å²) in [4.78, 5) is 18.6. The number of aryl methyl sites for hydroxylation is 1. The molecule has 0 saturated heterocycles. The standard InChI is InChI=1S/C11H10ClN3O/c1-7-3-2-4-10(14-7)15-11(16)9-5-8(12)6-13-9/h2-6,13H,1H3,(H,14,15,16). The fourth-order valence-electron chi connectivity index (χ4n) is 1.30. The van der Waals surface area contributed by atoms with Crippen molar-refractivity contribution in [2.75, 3.05) is 5.32 Å². The number of rotatable bonds is 2. The highest BCUT2D eigenvalue weighted by Crippen LogP contribution is 2.11. The number of amides is 1. The summed E-state index contributed by atoms with van der Waals surface area (Å²) in [5.74, 6) is 0.265. The van der Waals surface area contributed by atoms with Gasteiger partial charge in [-0.05, 0) is 25.1 Å². The molecular formula is C11H10ClN3O. The van der Waals surface area contributed by atoms with Crippen LogP contribution in [0.5, 0.6) is 0 Å². The summed E-state index contributed by atoms with van der Waals surface area (Å²) in [7, 11) is 0. The minimum absolute atomic E-state index is 0.259. The zero-order valence-electron chi connectivity index (χ0n) is 8.62. The van der Waals surface area contributed by atoms with E-state index in [9.17, 15) is 4.79 Å². The lowest BCUT2D eigenvalue weighted by Crippen LogP contribution is -2.13. The quantitative estimate of drug-likeness (QED) is 0.841. The van der Waals surface area contributed by atoms with Crippen LogP contribution in [0.25, 0.3) is 0 Å². The zero-order chi connectivity index (χ0) is 11.5. The second-order valence-corrected chi connectivity index (χ2v) is 3.79. The van der Waals surface area contributed by atoms with Gasteiger partial charge >= 0.3 is 0 Å². The van der Waals surface area contributed by atoms with Gasteiger partial charge in [0.25, 0.3) is 5.91 Å². The molecule has 82 valence electrons. The molecule has 0 unspecified atom stereocenters. The van der Waals surface area contributed by atoms with Gasteiger partial charge in [-0.2, -0.15) is 0 Å². The van der Waals surface area contributed by atoms with E-state index in [4.69, 9.17) is 11.6 Å². The Morgan fingerprint density at radius 1 is 1.50 bits per heavy atom. The molecule has 0 atom stereocenters. The van der Waals surface area contributed by atoms with Gasteiger partial charge in [0.05, 0.1) is 5.02 Å². The molecule has 0 aliphatic heterocycles. The van der Waals surface area contributed by atoms with Crippen LogP contribution < -0.4 is 5.32 Å². The van der Waals surface area contributed by atoms with Crippen molar-refractivity contribution in [1.82, 2.24) is 9.97 Å². The molecule has 2 rings (SSSR count). The van der Waals surface area contributed by atoms with Crippen LogP contribution in [0.1, 0.15) is 16.2 Å². The number of hydrogen-bond donors (Lipinski definition) is 2. The number of aromatic nitrogens is 2. The maximum absolute atomic E-state index is 11.7. The van der Waals surface area contributed by atoms with Gasteiger partial charge in [-0.3, -0.25) is 4.79 Å². The fraction of sp³-hybridized carbons (Fsp3) is 0.0909. The fourth-order valence-corrected chi connectivity index (χ4v) is 1.46. The van der Waals surface area contributed by atoms with Crippen molar-refractivity contribution in [3.63, 3.8) is 0 Å². The normalized spacial score (nSPS) is 10.1. The first-order valence-corrected chi connectivity index (χ1v) is 5.12. The first kappa shape index (κ1) is 10.7. The predicted octanol–water partition coefficient (Wildman–Crippen LogP) is 2.62. The Morgan fingerprint density at radius 2 is 2.31 bits per heavy atom. The van der Waals surface area contributed by atoms with Crippen molar-refractivity contribution in [3.8, 4) is 0 Å². The van der Waals surface area contributed by atoms with Crippen LogP contribution >= 0.6 is 11.6 Å². The highest BCUT2D eigenvalue weighted by Gasteiger charge is 2.08. The number of anilines is 1. The van der Waals surface area contributed by atoms with E-state index in [1.165, 1.54) is 0 Å². The van der Waals surface area contributed by atoms with E-state index >= 15 is 0 Å². The Labute approximate surface area is 97.7 Å². The topological polar surface area (TPSA) is 57.8 Å². The summed E-state index contributed by atoms with van der Waals surface area (Å²) in [5, 5.41) is 3.17. The minimum atomic E-state index is -0.259. The van der Waals surface area contributed by atoms with Gasteiger partial charge in [0.2, 0.25) is 0 Å². The van der Waals surface area contributed by atoms with E-state index in [-0.39, 0.29) is 5.91 Å². The van der Waals surface area contributed by atoms with Crippen LogP contribution in [0.3, 0.4) is 0 Å². The maximum atomic E-state index is 11.7. The van der Waals surface area contributed by atoms with Crippen LogP contribution in [0.4, 0.5) is 5.82 Å². The summed E-state index contributed by atoms with van der Waals surface area (Å²) >= 11 is 5.71. The largest absolute Gasteiger partial charge is 0.356 e. The number of carbonyl (C=O) groups excluding carboxylic acids is 1. The molecule has 16 heavy (non-hydrogen) atoms. The molecule has 2 heterocycles. The lowest BCUT2D eigenvalue weighted by Gasteiger charge is -2.02. The van der Waals surface area contributed by atoms with Crippen LogP contribution in [-0.2, 0) is 0 Å². The molecule has 0 saturated carbocycles. The van der Waals surface area contributed by atoms with Crippen molar-refractivity contribution in [1.29, 1.82) is 0 Å². The van der Waals surface area contributed by atoms with E-state index in [1.807, 2.05) is 19.1 Å². The lowest BCUT2D eigenvalue weighted by atomic mass is 10.3. The van der Waals surface area contributed by atoms with Gasteiger partial charge in [-0.15, -0.1) is 0 Å². The van der Waals surface area contributed by atoms with E-state index in [0.717, 1.165) is 5.69 Å². The van der Waals surface area contributed by atoms with Gasteiger partial charge in [0.15, 0.2) is 0 Å². The highest BCUT2D eigenvalue weighted by molar-refractivity contribution is 6.31. The van der Waals surface area contributed by atoms with Gasteiger partial charge in [0.1, 0.15) is 11.5 Å². The molecule has 2 aromatic rings. The molecule has 2 aromatic heterocycles. The lowest BCUT2D eigenvalue weighted by molar-refractivity contribution is 0.102. The van der Waals surface area contributed by atoms with Crippen molar-refractivity contribution in [3.05, 3.63) is 46.9 Å². The maximum Gasteiger partial charge on any atom is 0.273 e. The van der Waals surface area contributed by atoms with E-state index < -0.39 is 0 Å². The summed E-state index contributed by atoms with van der Waals surface area (Å²) in [6.07, 6.45) is 1.56. The van der Waals surface area contributed by atoms with Crippen molar-refractivity contribution >= 4 is 23.3 Å². The molecular weight excluding hydrogens is 226 g/mol. The minimum Gasteiger partial charge on any atom is -0.356 e. The smallest absolute Gasteiger partial charge is 0.273 e. The summed E-state index contributed by atoms with van der Waals surface area (Å²) < 4.78 is 0. The molecule has 0 spiro atoms. The van der Waals surface area contributed by atoms with Gasteiger partial charge < -0.3 is 10.3 Å². The van der Waals surface area contributed by atoms with Crippen molar-refractivity contribution < 1.29 is 4.79 Å². The molecule has 0 aliphatic rings. The Morgan fingerprint density at radius 3 is 2.94 bits per heavy atom. The Bertz CT molecular complexity index is 521. The summed E-state index contributed by atoms with van der Waals surface area (Å²) in [6.45, 7) is 1.86. The third-order valence-electron chi connectivity index (χ3n) is 2.02. The zero-order valence-corrected chi connectivity index (χ0v) is 9.38. The second-order valence-electron chi connectivity index (χ2n) is 3.35. The average Bonchev–Trinajstić information content (AvgIpc) is 2.65. The molecule has 5 heteroatoms. The van der Waals surface area contributed by atoms with Gasteiger partial charge in [-0.1, -0.05) is 17.7 Å². The molecule has 0 aromatic carbocycles. The Balaban J connectivity index is 2.13. The van der Waals surface area contributed by atoms with Crippen LogP contribution in [0.15, 0.2) is 30.5 Å². The molecule has 1 amide bonds. The molecule has 2 N–H and O–H groups in total. The number of aromatic amines is 1. The van der Waals surface area contributed by atoms with Gasteiger partial charge in [0, 0.05) is 11.9 Å². The molecule has 0 bridgehead atoms. The number of halogens is 1. The third-order valence-corrected chi connectivity index (χ3v) is 2.24. The number of H-pyrrole nitrogens is 1. The SMILES string of the molecule is Cc1cccc(NC(=O)c2cc(Cl)c[nH]2)n1. The molecule has 0 fully saturated rings. The second kappa shape index (κ2) is 4.37. The average molecular weight is 236 g/mol. The number of nitrogens with one attached hydrogen (secondary N) is 2. The molecule has 0 aliphatic carbocycles. The van der Waals surface area contributed by atoms with Gasteiger partial charge in [-0.25, -0.2) is 4.98 Å².